The van der Waals surface area contributed by atoms with Crippen molar-refractivity contribution in [1.82, 2.24) is 9.78 Å². The minimum atomic E-state index is -0.167. The predicted molar refractivity (Wildman–Crippen MR) is 92.3 cm³/mol. The van der Waals surface area contributed by atoms with Gasteiger partial charge in [0.25, 0.3) is 5.91 Å². The third-order valence-corrected chi connectivity index (χ3v) is 4.12. The monoisotopic (exact) mass is 312 g/mol. The molecule has 2 aromatic rings. The topological polar surface area (TPSA) is 44.1 Å². The van der Waals surface area contributed by atoms with E-state index in [0.29, 0.717) is 23.8 Å². The largest absolute Gasteiger partial charge is 0.489 e. The van der Waals surface area contributed by atoms with Gasteiger partial charge in [-0.3, -0.25) is 4.79 Å². The van der Waals surface area contributed by atoms with Gasteiger partial charge in [0.15, 0.2) is 0 Å². The molecule has 0 saturated carbocycles. The van der Waals surface area contributed by atoms with E-state index in [1.165, 1.54) is 4.68 Å². The van der Waals surface area contributed by atoms with Gasteiger partial charge in [-0.1, -0.05) is 38.6 Å². The molecular weight excluding hydrogens is 288 g/mol. The number of aromatic nitrogens is 2. The molecule has 1 atom stereocenters. The molecule has 1 aromatic heterocycles. The Balaban J connectivity index is 2.44. The molecule has 0 radical (unpaired) electrons. The van der Waals surface area contributed by atoms with Crippen LogP contribution < -0.4 is 4.74 Å². The lowest BCUT2D eigenvalue weighted by Crippen LogP contribution is -2.17. The number of hydrogen-bond donors (Lipinski definition) is 0. The van der Waals surface area contributed by atoms with E-state index in [-0.39, 0.29) is 5.91 Å². The van der Waals surface area contributed by atoms with Crippen molar-refractivity contribution in [1.29, 1.82) is 0 Å². The molecule has 1 aromatic carbocycles. The molecule has 0 spiro atoms. The number of carbonyl (C=O) groups is 1. The summed E-state index contributed by atoms with van der Waals surface area (Å²) in [6.07, 6.45) is 2.67. The van der Waals surface area contributed by atoms with Gasteiger partial charge >= 0.3 is 0 Å². The standard InChI is InChI=1S/C19H24N2O2/c1-6-12-23-17-11-9-8-10-16(17)19(22)21-15(5)18(13(3)7-2)14(4)20-21/h6,8-11,13H,1,7,12H2,2-5H3. The molecule has 0 fully saturated rings. The Morgan fingerprint density at radius 2 is 2.09 bits per heavy atom. The van der Waals surface area contributed by atoms with Crippen LogP contribution in [0.4, 0.5) is 0 Å². The summed E-state index contributed by atoms with van der Waals surface area (Å²) in [5, 5.41) is 4.47. The quantitative estimate of drug-likeness (QED) is 0.748. The Morgan fingerprint density at radius 1 is 1.39 bits per heavy atom. The van der Waals surface area contributed by atoms with E-state index < -0.39 is 0 Å². The van der Waals surface area contributed by atoms with Crippen LogP contribution in [0.1, 0.15) is 53.5 Å². The Bertz CT molecular complexity index is 716. The van der Waals surface area contributed by atoms with E-state index in [2.05, 4.69) is 25.5 Å². The molecule has 0 amide bonds. The zero-order chi connectivity index (χ0) is 17.0. The Kier molecular flexibility index (Phi) is 5.37. The summed E-state index contributed by atoms with van der Waals surface area (Å²) >= 11 is 0. The average Bonchev–Trinajstić information content (AvgIpc) is 2.86. The van der Waals surface area contributed by atoms with E-state index in [4.69, 9.17) is 4.74 Å². The molecule has 4 nitrogen and oxygen atoms in total. The highest BCUT2D eigenvalue weighted by atomic mass is 16.5. The molecule has 0 aliphatic heterocycles. The fraction of sp³-hybridized carbons (Fsp3) is 0.368. The van der Waals surface area contributed by atoms with E-state index >= 15 is 0 Å². The summed E-state index contributed by atoms with van der Waals surface area (Å²) in [5.41, 5.74) is 3.48. The molecule has 0 N–H and O–H groups in total. The Morgan fingerprint density at radius 3 is 2.74 bits per heavy atom. The van der Waals surface area contributed by atoms with Crippen LogP contribution in [0.3, 0.4) is 0 Å². The lowest BCUT2D eigenvalue weighted by molar-refractivity contribution is 0.0938. The molecule has 1 heterocycles. The minimum Gasteiger partial charge on any atom is -0.489 e. The molecule has 1 unspecified atom stereocenters. The summed E-state index contributed by atoms with van der Waals surface area (Å²) in [5.74, 6) is 0.763. The molecule has 0 aliphatic rings. The average molecular weight is 312 g/mol. The molecular formula is C19H24N2O2. The van der Waals surface area contributed by atoms with Crippen molar-refractivity contribution >= 4 is 5.91 Å². The fourth-order valence-electron chi connectivity index (χ4n) is 2.80. The first-order valence-electron chi connectivity index (χ1n) is 7.94. The summed E-state index contributed by atoms with van der Waals surface area (Å²) in [7, 11) is 0. The number of nitrogens with zero attached hydrogens (tertiary/aromatic N) is 2. The Labute approximate surface area is 137 Å². The predicted octanol–water partition coefficient (Wildman–Crippen LogP) is 4.27. The summed E-state index contributed by atoms with van der Waals surface area (Å²) in [6, 6.07) is 7.23. The highest BCUT2D eigenvalue weighted by molar-refractivity contribution is 5.98. The van der Waals surface area contributed by atoms with Crippen LogP contribution in [0.15, 0.2) is 36.9 Å². The number of hydrogen-bond acceptors (Lipinski definition) is 3. The molecule has 2 rings (SSSR count). The van der Waals surface area contributed by atoms with Gasteiger partial charge in [0.05, 0.1) is 11.3 Å². The lowest BCUT2D eigenvalue weighted by atomic mass is 9.97. The van der Waals surface area contributed by atoms with Gasteiger partial charge in [0, 0.05) is 5.69 Å². The summed E-state index contributed by atoms with van der Waals surface area (Å²) in [4.78, 5) is 12.9. The minimum absolute atomic E-state index is 0.167. The second-order valence-corrected chi connectivity index (χ2v) is 5.71. The maximum absolute atomic E-state index is 12.9. The van der Waals surface area contributed by atoms with Crippen LogP contribution in [0.5, 0.6) is 5.75 Å². The van der Waals surface area contributed by atoms with Crippen molar-refractivity contribution in [2.75, 3.05) is 6.61 Å². The maximum Gasteiger partial charge on any atom is 0.282 e. The van der Waals surface area contributed by atoms with Crippen LogP contribution in [0.2, 0.25) is 0 Å². The van der Waals surface area contributed by atoms with Crippen LogP contribution in [-0.2, 0) is 0 Å². The fourth-order valence-corrected chi connectivity index (χ4v) is 2.80. The number of rotatable bonds is 6. The van der Waals surface area contributed by atoms with Crippen molar-refractivity contribution < 1.29 is 9.53 Å². The van der Waals surface area contributed by atoms with Crippen LogP contribution >= 0.6 is 0 Å². The highest BCUT2D eigenvalue weighted by Gasteiger charge is 2.22. The van der Waals surface area contributed by atoms with Crippen molar-refractivity contribution in [3.8, 4) is 5.75 Å². The van der Waals surface area contributed by atoms with E-state index in [0.717, 1.165) is 23.4 Å². The van der Waals surface area contributed by atoms with Crippen molar-refractivity contribution in [3.63, 3.8) is 0 Å². The first-order valence-corrected chi connectivity index (χ1v) is 7.94. The molecule has 0 saturated heterocycles. The molecule has 0 aliphatic carbocycles. The van der Waals surface area contributed by atoms with Gasteiger partial charge in [-0.25, -0.2) is 4.68 Å². The SMILES string of the molecule is C=CCOc1ccccc1C(=O)n1nc(C)c(C(C)CC)c1C. The van der Waals surface area contributed by atoms with Crippen LogP contribution in [0, 0.1) is 13.8 Å². The van der Waals surface area contributed by atoms with Gasteiger partial charge in [-0.15, -0.1) is 0 Å². The second-order valence-electron chi connectivity index (χ2n) is 5.71. The second kappa shape index (κ2) is 7.27. The van der Waals surface area contributed by atoms with Crippen molar-refractivity contribution in [2.45, 2.75) is 40.0 Å². The Hall–Kier alpha value is -2.36. The summed E-state index contributed by atoms with van der Waals surface area (Å²) < 4.78 is 7.09. The zero-order valence-corrected chi connectivity index (χ0v) is 14.3. The smallest absolute Gasteiger partial charge is 0.282 e. The number of ether oxygens (including phenoxy) is 1. The third-order valence-electron chi connectivity index (χ3n) is 4.12. The lowest BCUT2D eigenvalue weighted by Gasteiger charge is -2.11. The third kappa shape index (κ3) is 3.36. The maximum atomic E-state index is 12.9. The van der Waals surface area contributed by atoms with Gasteiger partial charge in [0.1, 0.15) is 12.4 Å². The van der Waals surface area contributed by atoms with Gasteiger partial charge in [-0.05, 0) is 43.9 Å². The normalized spacial score (nSPS) is 12.0. The number of para-hydroxylation sites is 1. The zero-order valence-electron chi connectivity index (χ0n) is 14.3. The first-order chi connectivity index (χ1) is 11.0. The van der Waals surface area contributed by atoms with E-state index in [1.54, 1.807) is 18.2 Å². The number of aryl methyl sites for hydroxylation is 1. The van der Waals surface area contributed by atoms with Gasteiger partial charge in [0.2, 0.25) is 0 Å². The first kappa shape index (κ1) is 17.0. The van der Waals surface area contributed by atoms with Crippen molar-refractivity contribution in [3.05, 3.63) is 59.4 Å². The molecule has 23 heavy (non-hydrogen) atoms. The molecule has 0 bridgehead atoms. The number of carbonyl (C=O) groups excluding carboxylic acids is 1. The van der Waals surface area contributed by atoms with Crippen LogP contribution in [0.25, 0.3) is 0 Å². The number of benzene rings is 1. The van der Waals surface area contributed by atoms with Crippen molar-refractivity contribution in [2.24, 2.45) is 0 Å². The molecule has 122 valence electrons. The highest BCUT2D eigenvalue weighted by Crippen LogP contribution is 2.27. The van der Waals surface area contributed by atoms with E-state index in [9.17, 15) is 4.79 Å². The summed E-state index contributed by atoms with van der Waals surface area (Å²) in [6.45, 7) is 12.2. The van der Waals surface area contributed by atoms with Gasteiger partial charge < -0.3 is 4.74 Å². The van der Waals surface area contributed by atoms with Crippen LogP contribution in [-0.4, -0.2) is 22.3 Å². The molecule has 4 heteroatoms. The van der Waals surface area contributed by atoms with E-state index in [1.807, 2.05) is 26.0 Å². The van der Waals surface area contributed by atoms with Gasteiger partial charge in [-0.2, -0.15) is 5.10 Å².